The van der Waals surface area contributed by atoms with Crippen LogP contribution in [0.5, 0.6) is 0 Å². The smallest absolute Gasteiger partial charge is 0.250 e. The van der Waals surface area contributed by atoms with Crippen molar-refractivity contribution in [3.8, 4) is 0 Å². The number of rotatable bonds is 2. The van der Waals surface area contributed by atoms with Crippen molar-refractivity contribution < 1.29 is 13.9 Å². The van der Waals surface area contributed by atoms with E-state index >= 15 is 0 Å². The van der Waals surface area contributed by atoms with Crippen LogP contribution < -0.4 is 5.73 Å². The quantitative estimate of drug-likeness (QED) is 0.835. The Hall–Kier alpha value is -1.00. The Morgan fingerprint density at radius 3 is 2.62 bits per heavy atom. The van der Waals surface area contributed by atoms with Gasteiger partial charge in [0, 0.05) is 6.42 Å². The standard InChI is InChI=1S/C10H10Cl2FNO2/c1-16-8-3-2-6(11)7(13)4-5(9(8)12)10(14)15/h4H,2-3H2,1H3,(H2,14,15)/b5-4+,7-6-,9-8-. The molecule has 0 heterocycles. The van der Waals surface area contributed by atoms with Crippen LogP contribution in [0.15, 0.2) is 33.3 Å². The van der Waals surface area contributed by atoms with Crippen LogP contribution in [0.25, 0.3) is 0 Å². The highest BCUT2D eigenvalue weighted by molar-refractivity contribution is 6.35. The Bertz CT molecular complexity index is 413. The van der Waals surface area contributed by atoms with E-state index in [1.165, 1.54) is 7.11 Å². The maximum atomic E-state index is 13.4. The fraction of sp³-hybridized carbons (Fsp3) is 0.300. The van der Waals surface area contributed by atoms with Crippen molar-refractivity contribution in [1.29, 1.82) is 0 Å². The maximum absolute atomic E-state index is 13.4. The predicted molar refractivity (Wildman–Crippen MR) is 60.4 cm³/mol. The summed E-state index contributed by atoms with van der Waals surface area (Å²) in [5, 5.41) is 0.0341. The molecule has 0 aromatic heterocycles. The molecule has 2 N–H and O–H groups in total. The summed E-state index contributed by atoms with van der Waals surface area (Å²) in [4.78, 5) is 11.1. The molecule has 0 saturated heterocycles. The molecule has 1 aliphatic rings. The van der Waals surface area contributed by atoms with Gasteiger partial charge in [0.25, 0.3) is 0 Å². The number of methoxy groups -OCH3 is 1. The van der Waals surface area contributed by atoms with Crippen molar-refractivity contribution in [2.45, 2.75) is 12.8 Å². The van der Waals surface area contributed by atoms with E-state index in [1.54, 1.807) is 0 Å². The second-order valence-electron chi connectivity index (χ2n) is 3.12. The first-order chi connectivity index (χ1) is 7.47. The molecule has 0 radical (unpaired) electrons. The summed E-state index contributed by atoms with van der Waals surface area (Å²) in [5.41, 5.74) is 4.94. The Labute approximate surface area is 102 Å². The Morgan fingerprint density at radius 1 is 1.50 bits per heavy atom. The van der Waals surface area contributed by atoms with E-state index in [0.717, 1.165) is 6.08 Å². The number of ether oxygens (including phenoxy) is 1. The van der Waals surface area contributed by atoms with E-state index in [2.05, 4.69) is 0 Å². The number of hydrogen-bond donors (Lipinski definition) is 1. The normalized spacial score (nSPS) is 30.1. The van der Waals surface area contributed by atoms with E-state index in [-0.39, 0.29) is 22.1 Å². The van der Waals surface area contributed by atoms with Crippen LogP contribution in [-0.2, 0) is 9.53 Å². The third-order valence-electron chi connectivity index (χ3n) is 2.09. The van der Waals surface area contributed by atoms with Gasteiger partial charge in [-0.05, 0) is 12.5 Å². The molecule has 0 bridgehead atoms. The first kappa shape index (κ1) is 13.1. The van der Waals surface area contributed by atoms with Gasteiger partial charge in [0.1, 0.15) is 11.6 Å². The molecular weight excluding hydrogens is 256 g/mol. The molecule has 16 heavy (non-hydrogen) atoms. The molecule has 1 rings (SSSR count). The van der Waals surface area contributed by atoms with Gasteiger partial charge >= 0.3 is 0 Å². The average Bonchev–Trinajstić information content (AvgIpc) is 2.23. The van der Waals surface area contributed by atoms with Crippen molar-refractivity contribution in [2.75, 3.05) is 7.11 Å². The molecular formula is C10H10Cl2FNO2. The van der Waals surface area contributed by atoms with Crippen molar-refractivity contribution >= 4 is 29.1 Å². The van der Waals surface area contributed by atoms with Gasteiger partial charge in [-0.25, -0.2) is 4.39 Å². The third kappa shape index (κ3) is 2.77. The lowest BCUT2D eigenvalue weighted by molar-refractivity contribution is -0.114. The van der Waals surface area contributed by atoms with Gasteiger partial charge in [-0.15, -0.1) is 0 Å². The van der Waals surface area contributed by atoms with Gasteiger partial charge in [-0.3, -0.25) is 4.79 Å². The second kappa shape index (κ2) is 5.37. The summed E-state index contributed by atoms with van der Waals surface area (Å²) < 4.78 is 18.4. The second-order valence-corrected chi connectivity index (χ2v) is 3.95. The number of nitrogens with two attached hydrogens (primary N) is 1. The zero-order valence-corrected chi connectivity index (χ0v) is 10.0. The van der Waals surface area contributed by atoms with Crippen molar-refractivity contribution in [2.24, 2.45) is 5.73 Å². The van der Waals surface area contributed by atoms with Gasteiger partial charge in [0.2, 0.25) is 5.91 Å². The minimum atomic E-state index is -0.832. The van der Waals surface area contributed by atoms with Gasteiger partial charge < -0.3 is 10.5 Å². The van der Waals surface area contributed by atoms with Crippen LogP contribution in [0, 0.1) is 0 Å². The first-order valence-electron chi connectivity index (χ1n) is 4.46. The fourth-order valence-corrected chi connectivity index (χ4v) is 1.71. The fourth-order valence-electron chi connectivity index (χ4n) is 1.24. The lowest BCUT2D eigenvalue weighted by Gasteiger charge is -2.13. The lowest BCUT2D eigenvalue weighted by atomic mass is 10.1. The van der Waals surface area contributed by atoms with E-state index in [9.17, 15) is 9.18 Å². The summed E-state index contributed by atoms with van der Waals surface area (Å²) in [6.07, 6.45) is 1.49. The minimum absolute atomic E-state index is 0.0115. The molecule has 0 aliphatic heterocycles. The summed E-state index contributed by atoms with van der Waals surface area (Å²) in [7, 11) is 1.41. The van der Waals surface area contributed by atoms with Crippen LogP contribution >= 0.6 is 23.2 Å². The molecule has 0 atom stereocenters. The summed E-state index contributed by atoms with van der Waals surface area (Å²) >= 11 is 11.6. The number of carbonyl (C=O) groups is 1. The summed E-state index contributed by atoms with van der Waals surface area (Å²) in [5.74, 6) is -1.18. The van der Waals surface area contributed by atoms with Gasteiger partial charge in [-0.2, -0.15) is 0 Å². The van der Waals surface area contributed by atoms with Crippen LogP contribution in [0.1, 0.15) is 12.8 Å². The predicted octanol–water partition coefficient (Wildman–Crippen LogP) is 2.71. The van der Waals surface area contributed by atoms with E-state index in [1.807, 2.05) is 0 Å². The number of hydrogen-bond acceptors (Lipinski definition) is 2. The number of primary amides is 1. The Kier molecular flexibility index (Phi) is 4.38. The van der Waals surface area contributed by atoms with Gasteiger partial charge in [0.15, 0.2) is 0 Å². The highest BCUT2D eigenvalue weighted by Crippen LogP contribution is 2.31. The monoisotopic (exact) mass is 265 g/mol. The van der Waals surface area contributed by atoms with Gasteiger partial charge in [0.05, 0.1) is 22.7 Å². The first-order valence-corrected chi connectivity index (χ1v) is 5.21. The van der Waals surface area contributed by atoms with E-state index < -0.39 is 11.7 Å². The lowest BCUT2D eigenvalue weighted by Crippen LogP contribution is -2.16. The zero-order valence-electron chi connectivity index (χ0n) is 8.52. The molecule has 88 valence electrons. The van der Waals surface area contributed by atoms with E-state index in [0.29, 0.717) is 12.2 Å². The number of allylic oxidation sites excluding steroid dienone is 4. The van der Waals surface area contributed by atoms with Gasteiger partial charge in [-0.1, -0.05) is 23.2 Å². The minimum Gasteiger partial charge on any atom is -0.500 e. The molecule has 1 aliphatic carbocycles. The Morgan fingerprint density at radius 2 is 2.12 bits per heavy atom. The van der Waals surface area contributed by atoms with E-state index in [4.69, 9.17) is 33.7 Å². The maximum Gasteiger partial charge on any atom is 0.250 e. The highest BCUT2D eigenvalue weighted by atomic mass is 35.5. The van der Waals surface area contributed by atoms with Crippen LogP contribution in [0.2, 0.25) is 0 Å². The van der Waals surface area contributed by atoms with Crippen LogP contribution in [0.3, 0.4) is 0 Å². The molecule has 3 nitrogen and oxygen atoms in total. The summed E-state index contributed by atoms with van der Waals surface area (Å²) in [6.45, 7) is 0. The SMILES string of the molecule is CO/C1=C(Cl)/C(C(N)=O)=C\C(F)=C(\Cl)CC1. The largest absolute Gasteiger partial charge is 0.500 e. The molecule has 6 heteroatoms. The third-order valence-corrected chi connectivity index (χ3v) is 2.88. The van der Waals surface area contributed by atoms with Crippen LogP contribution in [0.4, 0.5) is 4.39 Å². The zero-order chi connectivity index (χ0) is 12.3. The van der Waals surface area contributed by atoms with Crippen molar-refractivity contribution in [3.05, 3.63) is 33.3 Å². The molecule has 0 unspecified atom stereocenters. The molecule has 0 fully saturated rings. The number of amides is 1. The molecule has 0 aromatic rings. The Balaban J connectivity index is 3.32. The molecule has 0 aromatic carbocycles. The average molecular weight is 266 g/mol. The van der Waals surface area contributed by atoms with Crippen molar-refractivity contribution in [3.63, 3.8) is 0 Å². The van der Waals surface area contributed by atoms with Crippen LogP contribution in [-0.4, -0.2) is 13.0 Å². The molecule has 1 amide bonds. The van der Waals surface area contributed by atoms with Crippen molar-refractivity contribution in [1.82, 2.24) is 0 Å². The molecule has 0 saturated carbocycles. The highest BCUT2D eigenvalue weighted by Gasteiger charge is 2.20. The number of halogens is 3. The topological polar surface area (TPSA) is 52.3 Å². The molecule has 0 spiro atoms. The summed E-state index contributed by atoms with van der Waals surface area (Å²) in [6, 6.07) is 0. The number of carbonyl (C=O) groups excluding carboxylic acids is 1.